The third kappa shape index (κ3) is 27.4. The minimum Gasteiger partial charge on any atom is -0.394 e. The van der Waals surface area contributed by atoms with Crippen LogP contribution in [0.4, 0.5) is 0 Å². The highest BCUT2D eigenvalue weighted by atomic mass is 16.3. The predicted molar refractivity (Wildman–Crippen MR) is 174 cm³/mol. The molecule has 0 aromatic carbocycles. The molecule has 4 nitrogen and oxygen atoms in total. The maximum atomic E-state index is 12.2. The van der Waals surface area contributed by atoms with Gasteiger partial charge in [0.1, 0.15) is 0 Å². The van der Waals surface area contributed by atoms with Crippen molar-refractivity contribution < 1.29 is 15.0 Å². The fraction of sp³-hybridized carbons (Fsp3) is 0.639. The van der Waals surface area contributed by atoms with E-state index in [1.54, 1.807) is 6.08 Å². The minimum atomic E-state index is -0.880. The second-order valence-electron chi connectivity index (χ2n) is 10.5. The van der Waals surface area contributed by atoms with E-state index in [-0.39, 0.29) is 18.9 Å². The fourth-order valence-electron chi connectivity index (χ4n) is 4.24. The number of nitrogens with one attached hydrogen (secondary N) is 1. The number of aliphatic hydroxyl groups excluding tert-OH is 2. The van der Waals surface area contributed by atoms with Gasteiger partial charge in [-0.3, -0.25) is 4.79 Å². The van der Waals surface area contributed by atoms with Gasteiger partial charge in [0.25, 0.3) is 0 Å². The Bertz CT molecular complexity index is 732. The van der Waals surface area contributed by atoms with Crippen molar-refractivity contribution in [1.29, 1.82) is 0 Å². The largest absolute Gasteiger partial charge is 0.394 e. The molecule has 0 heterocycles. The average molecular weight is 556 g/mol. The molecule has 228 valence electrons. The van der Waals surface area contributed by atoms with E-state index in [1.165, 1.54) is 64.2 Å². The van der Waals surface area contributed by atoms with Gasteiger partial charge in [-0.15, -0.1) is 0 Å². The Labute approximate surface area is 247 Å². The second-order valence-corrected chi connectivity index (χ2v) is 10.5. The smallest absolute Gasteiger partial charge is 0.224 e. The molecular formula is C36H61NO3. The highest BCUT2D eigenvalue weighted by Crippen LogP contribution is 2.12. The molecule has 0 radical (unpaired) electrons. The van der Waals surface area contributed by atoms with Crippen LogP contribution in [0.5, 0.6) is 0 Å². The highest BCUT2D eigenvalue weighted by molar-refractivity contribution is 5.77. The lowest BCUT2D eigenvalue weighted by atomic mass is 10.0. The molecule has 4 heteroatoms. The topological polar surface area (TPSA) is 69.6 Å². The molecule has 0 aliphatic rings. The van der Waals surface area contributed by atoms with Crippen LogP contribution in [0.2, 0.25) is 0 Å². The van der Waals surface area contributed by atoms with Crippen LogP contribution < -0.4 is 5.32 Å². The van der Waals surface area contributed by atoms with Crippen LogP contribution in [0.3, 0.4) is 0 Å². The summed E-state index contributed by atoms with van der Waals surface area (Å²) in [7, 11) is 0. The number of carbonyl (C=O) groups is 1. The van der Waals surface area contributed by atoms with E-state index in [1.807, 2.05) is 18.2 Å². The quantitative estimate of drug-likeness (QED) is 0.0699. The number of rotatable bonds is 27. The fourth-order valence-corrected chi connectivity index (χ4v) is 4.24. The van der Waals surface area contributed by atoms with Crippen molar-refractivity contribution in [3.05, 3.63) is 72.9 Å². The molecule has 1 amide bonds. The molecule has 0 bridgehead atoms. The summed E-state index contributed by atoms with van der Waals surface area (Å²) in [6, 6.07) is -0.677. The van der Waals surface area contributed by atoms with Gasteiger partial charge in [-0.05, 0) is 44.9 Å². The third-order valence-electron chi connectivity index (χ3n) is 6.72. The molecule has 40 heavy (non-hydrogen) atoms. The van der Waals surface area contributed by atoms with Crippen molar-refractivity contribution in [1.82, 2.24) is 5.32 Å². The predicted octanol–water partition coefficient (Wildman–Crippen LogP) is 9.22. The summed E-state index contributed by atoms with van der Waals surface area (Å²) in [5.74, 6) is -0.196. The number of carbonyl (C=O) groups excluding carboxylic acids is 1. The number of allylic oxidation sites excluding steroid dienone is 10. The summed E-state index contributed by atoms with van der Waals surface area (Å²) < 4.78 is 0. The van der Waals surface area contributed by atoms with Gasteiger partial charge in [-0.25, -0.2) is 0 Å². The van der Waals surface area contributed by atoms with Gasteiger partial charge >= 0.3 is 0 Å². The molecule has 0 saturated heterocycles. The zero-order valence-electron chi connectivity index (χ0n) is 25.8. The molecule has 3 N–H and O–H groups in total. The molecule has 0 aromatic heterocycles. The van der Waals surface area contributed by atoms with Crippen LogP contribution in [0, 0.1) is 0 Å². The number of amides is 1. The van der Waals surface area contributed by atoms with Gasteiger partial charge in [-0.1, -0.05) is 151 Å². The van der Waals surface area contributed by atoms with Gasteiger partial charge in [0, 0.05) is 6.42 Å². The summed E-state index contributed by atoms with van der Waals surface area (Å²) in [6.45, 7) is 4.11. The van der Waals surface area contributed by atoms with Crippen LogP contribution in [-0.2, 0) is 4.79 Å². The molecule has 0 fully saturated rings. The molecule has 0 aliphatic carbocycles. The lowest BCUT2D eigenvalue weighted by Crippen LogP contribution is -2.44. The molecule has 0 aliphatic heterocycles. The first-order chi connectivity index (χ1) is 19.7. The summed E-state index contributed by atoms with van der Waals surface area (Å²) in [5, 5.41) is 22.7. The van der Waals surface area contributed by atoms with Crippen molar-refractivity contribution in [2.24, 2.45) is 0 Å². The summed E-state index contributed by atoms with van der Waals surface area (Å²) >= 11 is 0. The standard InChI is InChI=1S/C36H61NO3/c1-3-5-7-9-11-13-15-17-18-20-22-24-26-28-30-32-36(40)37-34(33-38)35(39)31-29-27-25-23-21-19-16-14-12-10-8-6-4-2/h5,7,11,13,17-18,22,24,28-31,34-35,38-39H,3-4,6,8-10,12,14-16,19-21,23,25-27,32-33H2,1-2H3,(H,37,40)/b7-5-,13-11-,18-17-,24-22-,30-28-,31-29+. The monoisotopic (exact) mass is 555 g/mol. The SMILES string of the molecule is CC/C=C\C/C=C\C/C=C\C/C=C\C/C=C\CC(=O)NC(CO)C(O)/C=C/CCCCCCCCCCCCC. The van der Waals surface area contributed by atoms with Crippen molar-refractivity contribution in [3.8, 4) is 0 Å². The molecule has 0 spiro atoms. The molecule has 0 rings (SSSR count). The van der Waals surface area contributed by atoms with Crippen LogP contribution in [0.25, 0.3) is 0 Å². The van der Waals surface area contributed by atoms with Gasteiger partial charge in [-0.2, -0.15) is 0 Å². The van der Waals surface area contributed by atoms with E-state index in [2.05, 4.69) is 67.8 Å². The van der Waals surface area contributed by atoms with Crippen LogP contribution in [0.15, 0.2) is 72.9 Å². The zero-order valence-corrected chi connectivity index (χ0v) is 25.8. The average Bonchev–Trinajstić information content (AvgIpc) is 2.96. The number of hydrogen-bond acceptors (Lipinski definition) is 3. The highest BCUT2D eigenvalue weighted by Gasteiger charge is 2.17. The van der Waals surface area contributed by atoms with E-state index in [9.17, 15) is 15.0 Å². The van der Waals surface area contributed by atoms with Gasteiger partial charge in [0.2, 0.25) is 5.91 Å². The second kappa shape index (κ2) is 31.4. The van der Waals surface area contributed by atoms with Crippen molar-refractivity contribution >= 4 is 5.91 Å². The Morgan fingerprint density at radius 2 is 1.07 bits per heavy atom. The maximum absolute atomic E-state index is 12.2. The molecule has 2 atom stereocenters. The maximum Gasteiger partial charge on any atom is 0.224 e. The van der Waals surface area contributed by atoms with E-state index >= 15 is 0 Å². The van der Waals surface area contributed by atoms with E-state index in [0.717, 1.165) is 44.9 Å². The van der Waals surface area contributed by atoms with Crippen molar-refractivity contribution in [2.45, 2.75) is 142 Å². The van der Waals surface area contributed by atoms with Crippen molar-refractivity contribution in [3.63, 3.8) is 0 Å². The summed E-state index contributed by atoms with van der Waals surface area (Å²) in [6.07, 6.45) is 44.2. The Morgan fingerprint density at radius 3 is 1.55 bits per heavy atom. The lowest BCUT2D eigenvalue weighted by Gasteiger charge is -2.19. The van der Waals surface area contributed by atoms with Gasteiger partial charge < -0.3 is 15.5 Å². The summed E-state index contributed by atoms with van der Waals surface area (Å²) in [5.41, 5.74) is 0. The van der Waals surface area contributed by atoms with Crippen LogP contribution in [-0.4, -0.2) is 34.9 Å². The Morgan fingerprint density at radius 1 is 0.625 bits per heavy atom. The first-order valence-electron chi connectivity index (χ1n) is 16.2. The lowest BCUT2D eigenvalue weighted by molar-refractivity contribution is -0.122. The Hall–Kier alpha value is -2.17. The molecule has 2 unspecified atom stereocenters. The number of aliphatic hydroxyl groups is 2. The normalized spacial score (nSPS) is 14.2. The van der Waals surface area contributed by atoms with E-state index in [0.29, 0.717) is 0 Å². The minimum absolute atomic E-state index is 0.196. The number of unbranched alkanes of at least 4 members (excludes halogenated alkanes) is 11. The summed E-state index contributed by atoms with van der Waals surface area (Å²) in [4.78, 5) is 12.2. The van der Waals surface area contributed by atoms with E-state index < -0.39 is 12.1 Å². The van der Waals surface area contributed by atoms with E-state index in [4.69, 9.17) is 0 Å². The third-order valence-corrected chi connectivity index (χ3v) is 6.72. The molecule has 0 saturated carbocycles. The first-order valence-corrected chi connectivity index (χ1v) is 16.2. The van der Waals surface area contributed by atoms with Crippen LogP contribution >= 0.6 is 0 Å². The molecular weight excluding hydrogens is 494 g/mol. The van der Waals surface area contributed by atoms with Crippen LogP contribution in [0.1, 0.15) is 129 Å². The Balaban J connectivity index is 3.87. The van der Waals surface area contributed by atoms with Crippen molar-refractivity contribution in [2.75, 3.05) is 6.61 Å². The Kier molecular flexibility index (Phi) is 29.7. The number of hydrogen-bond donors (Lipinski definition) is 3. The van der Waals surface area contributed by atoms with Gasteiger partial charge in [0.05, 0.1) is 18.8 Å². The molecule has 0 aromatic rings. The van der Waals surface area contributed by atoms with Gasteiger partial charge in [0.15, 0.2) is 0 Å². The zero-order chi connectivity index (χ0) is 29.4. The first kappa shape index (κ1) is 37.8.